The Hall–Kier alpha value is -0.340. The van der Waals surface area contributed by atoms with E-state index in [0.29, 0.717) is 0 Å². The van der Waals surface area contributed by atoms with E-state index in [1.165, 1.54) is 42.1 Å². The second-order valence-corrected chi connectivity index (χ2v) is 5.25. The number of aryl methyl sites for hydroxylation is 1. The third kappa shape index (κ3) is 4.35. The zero-order valence-electron chi connectivity index (χ0n) is 10.3. The molecule has 0 aromatic carbocycles. The maximum Gasteiger partial charge on any atom is 0.0328 e. The molecule has 0 fully saturated rings. The summed E-state index contributed by atoms with van der Waals surface area (Å²) in [5.74, 6) is 0. The lowest BCUT2D eigenvalue weighted by Gasteiger charge is -2.19. The van der Waals surface area contributed by atoms with Gasteiger partial charge in [0.25, 0.3) is 0 Å². The highest BCUT2D eigenvalue weighted by molar-refractivity contribution is 7.11. The molecule has 0 N–H and O–H groups in total. The molecule has 0 bridgehead atoms. The van der Waals surface area contributed by atoms with Crippen LogP contribution in [-0.4, -0.2) is 18.0 Å². The number of hydrogen-bond donors (Lipinski definition) is 0. The molecule has 0 radical (unpaired) electrons. The van der Waals surface area contributed by atoms with Crippen molar-refractivity contribution in [2.75, 3.05) is 13.1 Å². The average molecular weight is 225 g/mol. The van der Waals surface area contributed by atoms with E-state index < -0.39 is 0 Å². The molecule has 1 nitrogen and oxygen atoms in total. The van der Waals surface area contributed by atoms with Gasteiger partial charge in [-0.05, 0) is 44.5 Å². The summed E-state index contributed by atoms with van der Waals surface area (Å²) >= 11 is 1.97. The molecule has 1 rings (SSSR count). The molecule has 0 atom stereocenters. The van der Waals surface area contributed by atoms with Gasteiger partial charge in [-0.25, -0.2) is 0 Å². The van der Waals surface area contributed by atoms with Crippen molar-refractivity contribution < 1.29 is 0 Å². The van der Waals surface area contributed by atoms with Crippen molar-refractivity contribution in [1.29, 1.82) is 0 Å². The van der Waals surface area contributed by atoms with Crippen LogP contribution in [0.5, 0.6) is 0 Å². The highest BCUT2D eigenvalue weighted by atomic mass is 32.1. The van der Waals surface area contributed by atoms with E-state index in [2.05, 4.69) is 37.8 Å². The summed E-state index contributed by atoms with van der Waals surface area (Å²) < 4.78 is 0. The molecule has 0 saturated heterocycles. The van der Waals surface area contributed by atoms with Gasteiger partial charge >= 0.3 is 0 Å². The van der Waals surface area contributed by atoms with Crippen molar-refractivity contribution in [3.8, 4) is 0 Å². The van der Waals surface area contributed by atoms with Gasteiger partial charge in [0, 0.05) is 16.3 Å². The first-order valence-corrected chi connectivity index (χ1v) is 6.91. The maximum atomic E-state index is 2.56. The van der Waals surface area contributed by atoms with Crippen LogP contribution in [-0.2, 0) is 13.0 Å². The minimum atomic E-state index is 1.15. The Kier molecular flexibility index (Phi) is 5.96. The van der Waals surface area contributed by atoms with E-state index in [1.807, 2.05) is 11.3 Å². The molecule has 0 saturated carbocycles. The van der Waals surface area contributed by atoms with Crippen LogP contribution in [0.15, 0.2) is 12.1 Å². The zero-order valence-corrected chi connectivity index (χ0v) is 11.1. The molecular formula is C13H23NS. The molecule has 0 aliphatic carbocycles. The predicted molar refractivity (Wildman–Crippen MR) is 69.6 cm³/mol. The van der Waals surface area contributed by atoms with Crippen molar-refractivity contribution in [3.05, 3.63) is 21.9 Å². The maximum absolute atomic E-state index is 2.56. The van der Waals surface area contributed by atoms with Crippen LogP contribution in [0.4, 0.5) is 0 Å². The minimum Gasteiger partial charge on any atom is -0.298 e. The van der Waals surface area contributed by atoms with Crippen LogP contribution in [0, 0.1) is 0 Å². The lowest BCUT2D eigenvalue weighted by molar-refractivity contribution is 0.269. The second-order valence-electron chi connectivity index (χ2n) is 4.00. The monoisotopic (exact) mass is 225 g/mol. The summed E-state index contributed by atoms with van der Waals surface area (Å²) in [7, 11) is 0. The van der Waals surface area contributed by atoms with Crippen molar-refractivity contribution in [2.24, 2.45) is 0 Å². The molecule has 86 valence electrons. The van der Waals surface area contributed by atoms with Crippen LogP contribution in [0.25, 0.3) is 0 Å². The van der Waals surface area contributed by atoms with Gasteiger partial charge in [0.05, 0.1) is 0 Å². The first-order valence-electron chi connectivity index (χ1n) is 6.10. The fourth-order valence-electron chi connectivity index (χ4n) is 1.82. The first-order chi connectivity index (χ1) is 7.30. The third-order valence-corrected chi connectivity index (χ3v) is 3.74. The lowest BCUT2D eigenvalue weighted by atomic mass is 10.3. The van der Waals surface area contributed by atoms with Crippen LogP contribution >= 0.6 is 11.3 Å². The summed E-state index contributed by atoms with van der Waals surface area (Å²) in [6, 6.07) is 4.57. The Bertz CT molecular complexity index is 261. The molecule has 1 aromatic rings. The average Bonchev–Trinajstić information content (AvgIpc) is 2.66. The molecule has 15 heavy (non-hydrogen) atoms. The number of thiophene rings is 1. The molecule has 0 spiro atoms. The number of rotatable bonds is 7. The van der Waals surface area contributed by atoms with Gasteiger partial charge in [0.1, 0.15) is 0 Å². The van der Waals surface area contributed by atoms with Gasteiger partial charge in [0.15, 0.2) is 0 Å². The normalized spacial score (nSPS) is 11.2. The molecular weight excluding hydrogens is 202 g/mol. The van der Waals surface area contributed by atoms with E-state index in [-0.39, 0.29) is 0 Å². The fourth-order valence-corrected chi connectivity index (χ4v) is 2.82. The van der Waals surface area contributed by atoms with Gasteiger partial charge < -0.3 is 0 Å². The second kappa shape index (κ2) is 7.02. The number of hydrogen-bond acceptors (Lipinski definition) is 2. The molecule has 0 aliphatic rings. The first kappa shape index (κ1) is 12.7. The quantitative estimate of drug-likeness (QED) is 0.679. The summed E-state index contributed by atoms with van der Waals surface area (Å²) in [4.78, 5) is 5.59. The summed E-state index contributed by atoms with van der Waals surface area (Å²) in [5, 5.41) is 0. The van der Waals surface area contributed by atoms with Crippen LogP contribution in [0.1, 0.15) is 43.4 Å². The van der Waals surface area contributed by atoms with E-state index in [9.17, 15) is 0 Å². The van der Waals surface area contributed by atoms with Crippen molar-refractivity contribution in [1.82, 2.24) is 4.90 Å². The van der Waals surface area contributed by atoms with Crippen LogP contribution < -0.4 is 0 Å². The Morgan fingerprint density at radius 3 is 2.07 bits per heavy atom. The zero-order chi connectivity index (χ0) is 11.1. The lowest BCUT2D eigenvalue weighted by Crippen LogP contribution is -2.24. The van der Waals surface area contributed by atoms with E-state index in [4.69, 9.17) is 0 Å². The molecule has 1 heterocycles. The minimum absolute atomic E-state index is 1.15. The molecule has 1 aromatic heterocycles. The fraction of sp³-hybridized carbons (Fsp3) is 0.692. The van der Waals surface area contributed by atoms with E-state index in [1.54, 1.807) is 0 Å². The summed E-state index contributed by atoms with van der Waals surface area (Å²) in [5.41, 5.74) is 0. The molecule has 0 amide bonds. The van der Waals surface area contributed by atoms with Gasteiger partial charge in [-0.15, -0.1) is 11.3 Å². The van der Waals surface area contributed by atoms with Crippen molar-refractivity contribution in [3.63, 3.8) is 0 Å². The molecule has 0 aliphatic heterocycles. The smallest absolute Gasteiger partial charge is 0.0328 e. The summed E-state index contributed by atoms with van der Waals surface area (Å²) in [6.07, 6.45) is 3.68. The van der Waals surface area contributed by atoms with Crippen molar-refractivity contribution >= 4 is 11.3 Å². The van der Waals surface area contributed by atoms with Gasteiger partial charge in [-0.3, -0.25) is 4.90 Å². The topological polar surface area (TPSA) is 3.24 Å². The standard InChI is InChI=1S/C13H23NS/c1-4-9-14(10-5-2)11-13-8-7-12(6-3)15-13/h7-8H,4-6,9-11H2,1-3H3. The Morgan fingerprint density at radius 2 is 1.60 bits per heavy atom. The molecule has 0 unspecified atom stereocenters. The molecule has 2 heteroatoms. The van der Waals surface area contributed by atoms with Crippen LogP contribution in [0.3, 0.4) is 0 Å². The van der Waals surface area contributed by atoms with E-state index >= 15 is 0 Å². The SMILES string of the molecule is CCCN(CCC)Cc1ccc(CC)s1. The van der Waals surface area contributed by atoms with Gasteiger partial charge in [-0.1, -0.05) is 20.8 Å². The highest BCUT2D eigenvalue weighted by Crippen LogP contribution is 2.18. The van der Waals surface area contributed by atoms with Crippen LogP contribution in [0.2, 0.25) is 0 Å². The van der Waals surface area contributed by atoms with Gasteiger partial charge in [0.2, 0.25) is 0 Å². The Balaban J connectivity index is 2.48. The third-order valence-electron chi connectivity index (χ3n) is 2.52. The summed E-state index contributed by atoms with van der Waals surface area (Å²) in [6.45, 7) is 10.3. The van der Waals surface area contributed by atoms with E-state index in [0.717, 1.165) is 6.54 Å². The Morgan fingerprint density at radius 1 is 1.00 bits per heavy atom. The predicted octanol–water partition coefficient (Wildman–Crippen LogP) is 3.93. The Labute approximate surface area is 98.1 Å². The van der Waals surface area contributed by atoms with Gasteiger partial charge in [-0.2, -0.15) is 0 Å². The highest BCUT2D eigenvalue weighted by Gasteiger charge is 2.05. The van der Waals surface area contributed by atoms with Crippen molar-refractivity contribution in [2.45, 2.75) is 46.6 Å². The largest absolute Gasteiger partial charge is 0.298 e. The number of nitrogens with zero attached hydrogens (tertiary/aromatic N) is 1.